The van der Waals surface area contributed by atoms with Crippen molar-refractivity contribution in [1.82, 2.24) is 15.3 Å². The van der Waals surface area contributed by atoms with Crippen molar-refractivity contribution in [2.24, 2.45) is 0 Å². The molecule has 80 valence electrons. The van der Waals surface area contributed by atoms with Crippen LogP contribution in [0, 0.1) is 0 Å². The van der Waals surface area contributed by atoms with E-state index in [-0.39, 0.29) is 0 Å². The molecule has 0 aliphatic rings. The van der Waals surface area contributed by atoms with Crippen LogP contribution >= 0.6 is 11.6 Å². The normalized spacial score (nSPS) is 10.7. The molecule has 2 aromatic heterocycles. The van der Waals surface area contributed by atoms with Gasteiger partial charge < -0.3 is 14.7 Å². The van der Waals surface area contributed by atoms with Crippen molar-refractivity contribution in [3.05, 3.63) is 41.3 Å². The first-order chi connectivity index (χ1) is 7.34. The van der Waals surface area contributed by atoms with Crippen LogP contribution in [-0.2, 0) is 13.0 Å². The second kappa shape index (κ2) is 5.00. The molecular formula is C10H12ClN3O. The lowest BCUT2D eigenvalue weighted by Crippen LogP contribution is -2.16. The molecule has 0 amide bonds. The van der Waals surface area contributed by atoms with Crippen LogP contribution in [0.5, 0.6) is 0 Å². The Hall–Kier alpha value is -1.26. The Morgan fingerprint density at radius 2 is 2.40 bits per heavy atom. The maximum atomic E-state index is 5.65. The van der Waals surface area contributed by atoms with Gasteiger partial charge in [0.1, 0.15) is 5.76 Å². The Kier molecular flexibility index (Phi) is 3.42. The third-order valence-electron chi connectivity index (χ3n) is 2.05. The van der Waals surface area contributed by atoms with Crippen LogP contribution in [-0.4, -0.2) is 16.5 Å². The zero-order chi connectivity index (χ0) is 10.5. The summed E-state index contributed by atoms with van der Waals surface area (Å²) in [5.41, 5.74) is 1.12. The summed E-state index contributed by atoms with van der Waals surface area (Å²) in [6.07, 6.45) is 4.43. The standard InChI is InChI=1S/C10H12ClN3O/c11-10-2-1-9(15-10)6-12-4-3-8-5-13-7-14-8/h1-2,5,7,12H,3-4,6H2,(H,13,14). The second-order valence-electron chi connectivity index (χ2n) is 3.21. The number of furan rings is 1. The Labute approximate surface area is 92.7 Å². The van der Waals surface area contributed by atoms with Gasteiger partial charge in [-0.25, -0.2) is 4.98 Å². The summed E-state index contributed by atoms with van der Waals surface area (Å²) in [5.74, 6) is 0.851. The molecule has 2 N–H and O–H groups in total. The van der Waals surface area contributed by atoms with Gasteiger partial charge in [0, 0.05) is 24.9 Å². The number of imidazole rings is 1. The predicted octanol–water partition coefficient (Wildman–Crippen LogP) is 1.99. The van der Waals surface area contributed by atoms with E-state index in [0.29, 0.717) is 11.8 Å². The van der Waals surface area contributed by atoms with E-state index in [1.807, 2.05) is 12.3 Å². The fraction of sp³-hybridized carbons (Fsp3) is 0.300. The van der Waals surface area contributed by atoms with Gasteiger partial charge in [-0.2, -0.15) is 0 Å². The average molecular weight is 226 g/mol. The molecule has 2 heterocycles. The van der Waals surface area contributed by atoms with Gasteiger partial charge >= 0.3 is 0 Å². The minimum absolute atomic E-state index is 0.431. The van der Waals surface area contributed by atoms with Crippen LogP contribution < -0.4 is 5.32 Å². The van der Waals surface area contributed by atoms with Gasteiger partial charge in [-0.1, -0.05) is 0 Å². The molecular weight excluding hydrogens is 214 g/mol. The number of halogens is 1. The zero-order valence-electron chi connectivity index (χ0n) is 8.16. The predicted molar refractivity (Wildman–Crippen MR) is 57.7 cm³/mol. The topological polar surface area (TPSA) is 53.9 Å². The van der Waals surface area contributed by atoms with Gasteiger partial charge in [-0.15, -0.1) is 0 Å². The third-order valence-corrected chi connectivity index (χ3v) is 2.26. The summed E-state index contributed by atoms with van der Waals surface area (Å²) in [5, 5.41) is 3.68. The molecule has 4 nitrogen and oxygen atoms in total. The maximum Gasteiger partial charge on any atom is 0.193 e. The lowest BCUT2D eigenvalue weighted by Gasteiger charge is -2.00. The molecule has 0 bridgehead atoms. The summed E-state index contributed by atoms with van der Waals surface area (Å²) in [6.45, 7) is 1.57. The fourth-order valence-electron chi connectivity index (χ4n) is 1.30. The Balaban J connectivity index is 1.67. The molecule has 0 unspecified atom stereocenters. The molecule has 0 aliphatic carbocycles. The molecule has 2 aromatic rings. The molecule has 2 rings (SSSR count). The van der Waals surface area contributed by atoms with Gasteiger partial charge in [0.15, 0.2) is 5.22 Å². The number of rotatable bonds is 5. The SMILES string of the molecule is Clc1ccc(CNCCc2cnc[nH]2)o1. The minimum atomic E-state index is 0.431. The number of nitrogens with zero attached hydrogens (tertiary/aromatic N) is 1. The van der Waals surface area contributed by atoms with Gasteiger partial charge in [0.05, 0.1) is 12.9 Å². The molecule has 0 aromatic carbocycles. The van der Waals surface area contributed by atoms with Crippen molar-refractivity contribution >= 4 is 11.6 Å². The third kappa shape index (κ3) is 3.11. The van der Waals surface area contributed by atoms with Gasteiger partial charge in [0.2, 0.25) is 0 Å². The summed E-state index contributed by atoms with van der Waals surface area (Å²) in [7, 11) is 0. The highest BCUT2D eigenvalue weighted by atomic mass is 35.5. The highest BCUT2D eigenvalue weighted by molar-refractivity contribution is 6.28. The lowest BCUT2D eigenvalue weighted by atomic mass is 10.3. The van der Waals surface area contributed by atoms with Crippen LogP contribution in [0.3, 0.4) is 0 Å². The largest absolute Gasteiger partial charge is 0.448 e. The quantitative estimate of drug-likeness (QED) is 0.766. The zero-order valence-corrected chi connectivity index (χ0v) is 8.92. The van der Waals surface area contributed by atoms with Crippen molar-refractivity contribution in [1.29, 1.82) is 0 Å². The Morgan fingerprint density at radius 1 is 1.47 bits per heavy atom. The number of aromatic amines is 1. The van der Waals surface area contributed by atoms with Gasteiger partial charge in [0.25, 0.3) is 0 Å². The van der Waals surface area contributed by atoms with Crippen molar-refractivity contribution in [2.75, 3.05) is 6.54 Å². The highest BCUT2D eigenvalue weighted by Gasteiger charge is 1.99. The first kappa shape index (κ1) is 10.3. The van der Waals surface area contributed by atoms with Crippen LogP contribution in [0.1, 0.15) is 11.5 Å². The molecule has 0 atom stereocenters. The number of hydrogen-bond donors (Lipinski definition) is 2. The van der Waals surface area contributed by atoms with E-state index >= 15 is 0 Å². The molecule has 0 aliphatic heterocycles. The number of aromatic nitrogens is 2. The Morgan fingerprint density at radius 3 is 3.07 bits per heavy atom. The first-order valence-electron chi connectivity index (χ1n) is 4.77. The van der Waals surface area contributed by atoms with E-state index in [4.69, 9.17) is 16.0 Å². The van der Waals surface area contributed by atoms with E-state index < -0.39 is 0 Å². The van der Waals surface area contributed by atoms with E-state index in [2.05, 4.69) is 15.3 Å². The van der Waals surface area contributed by atoms with Crippen LogP contribution in [0.4, 0.5) is 0 Å². The van der Waals surface area contributed by atoms with Crippen molar-refractivity contribution in [3.8, 4) is 0 Å². The first-order valence-corrected chi connectivity index (χ1v) is 5.14. The van der Waals surface area contributed by atoms with Crippen molar-refractivity contribution in [2.45, 2.75) is 13.0 Å². The highest BCUT2D eigenvalue weighted by Crippen LogP contribution is 2.12. The van der Waals surface area contributed by atoms with Crippen LogP contribution in [0.15, 0.2) is 29.1 Å². The van der Waals surface area contributed by atoms with Crippen LogP contribution in [0.2, 0.25) is 5.22 Å². The van der Waals surface area contributed by atoms with Gasteiger partial charge in [-0.3, -0.25) is 0 Å². The van der Waals surface area contributed by atoms with Crippen LogP contribution in [0.25, 0.3) is 0 Å². The average Bonchev–Trinajstić information content (AvgIpc) is 2.84. The van der Waals surface area contributed by atoms with E-state index in [9.17, 15) is 0 Å². The molecule has 0 saturated heterocycles. The maximum absolute atomic E-state index is 5.65. The second-order valence-corrected chi connectivity index (χ2v) is 3.58. The number of H-pyrrole nitrogens is 1. The minimum Gasteiger partial charge on any atom is -0.448 e. The molecule has 0 radical (unpaired) electrons. The molecule has 0 saturated carbocycles. The number of hydrogen-bond acceptors (Lipinski definition) is 3. The lowest BCUT2D eigenvalue weighted by molar-refractivity contribution is 0.485. The molecule has 0 spiro atoms. The van der Waals surface area contributed by atoms with Gasteiger partial charge in [-0.05, 0) is 23.7 Å². The van der Waals surface area contributed by atoms with E-state index in [1.54, 1.807) is 12.4 Å². The summed E-state index contributed by atoms with van der Waals surface area (Å²) in [6, 6.07) is 3.61. The number of nitrogens with one attached hydrogen (secondary N) is 2. The molecule has 5 heteroatoms. The van der Waals surface area contributed by atoms with Crippen molar-refractivity contribution in [3.63, 3.8) is 0 Å². The molecule has 15 heavy (non-hydrogen) atoms. The van der Waals surface area contributed by atoms with E-state index in [0.717, 1.165) is 24.4 Å². The smallest absolute Gasteiger partial charge is 0.193 e. The summed E-state index contributed by atoms with van der Waals surface area (Å²) >= 11 is 5.65. The summed E-state index contributed by atoms with van der Waals surface area (Å²) < 4.78 is 5.20. The summed E-state index contributed by atoms with van der Waals surface area (Å²) in [4.78, 5) is 6.99. The monoisotopic (exact) mass is 225 g/mol. The van der Waals surface area contributed by atoms with E-state index in [1.165, 1.54) is 0 Å². The Bertz CT molecular complexity index is 396. The van der Waals surface area contributed by atoms with Crippen molar-refractivity contribution < 1.29 is 4.42 Å². The fourth-order valence-corrected chi connectivity index (χ4v) is 1.46. The molecule has 0 fully saturated rings.